The van der Waals surface area contributed by atoms with Gasteiger partial charge in [-0.15, -0.1) is 11.3 Å². The van der Waals surface area contributed by atoms with Crippen LogP contribution >= 0.6 is 22.9 Å². The summed E-state index contributed by atoms with van der Waals surface area (Å²) in [6.07, 6.45) is 0. The highest BCUT2D eigenvalue weighted by molar-refractivity contribution is 7.15. The molecule has 1 aliphatic rings. The lowest BCUT2D eigenvalue weighted by Gasteiger charge is -2.26. The minimum Gasteiger partial charge on any atom is -0.314 e. The van der Waals surface area contributed by atoms with Crippen molar-refractivity contribution in [3.8, 4) is 10.6 Å². The number of benzene rings is 1. The molecule has 2 aromatic rings. The first kappa shape index (κ1) is 14.0. The average molecular weight is 308 g/mol. The number of halogens is 1. The van der Waals surface area contributed by atoms with Crippen molar-refractivity contribution >= 4 is 22.9 Å². The first-order valence-electron chi connectivity index (χ1n) is 6.88. The lowest BCUT2D eigenvalue weighted by Crippen LogP contribution is -2.42. The minimum absolute atomic E-state index is 0.767. The Hall–Kier alpha value is -0.940. The van der Waals surface area contributed by atoms with Crippen LogP contribution in [0.15, 0.2) is 24.3 Å². The van der Waals surface area contributed by atoms with E-state index in [0.29, 0.717) is 0 Å². The van der Waals surface area contributed by atoms with Gasteiger partial charge >= 0.3 is 0 Å². The number of nitrogens with one attached hydrogen (secondary N) is 1. The second-order valence-corrected chi connectivity index (χ2v) is 6.58. The van der Waals surface area contributed by atoms with Gasteiger partial charge in [-0.05, 0) is 19.1 Å². The molecule has 106 valence electrons. The molecule has 3 nitrogen and oxygen atoms in total. The van der Waals surface area contributed by atoms with Gasteiger partial charge in [0.15, 0.2) is 0 Å². The predicted octanol–water partition coefficient (Wildman–Crippen LogP) is 3.18. The molecule has 1 aromatic carbocycles. The van der Waals surface area contributed by atoms with Crippen molar-refractivity contribution in [3.63, 3.8) is 0 Å². The van der Waals surface area contributed by atoms with E-state index < -0.39 is 0 Å². The molecule has 0 unspecified atom stereocenters. The van der Waals surface area contributed by atoms with E-state index in [-0.39, 0.29) is 0 Å². The van der Waals surface area contributed by atoms with Crippen LogP contribution in [-0.2, 0) is 6.54 Å². The minimum atomic E-state index is 0.767. The van der Waals surface area contributed by atoms with Crippen LogP contribution in [0.1, 0.15) is 10.6 Å². The number of hydrogen-bond donors (Lipinski definition) is 1. The SMILES string of the molecule is Cc1nc(-c2ccc(Cl)cc2)sc1CN1CCNCC1. The summed E-state index contributed by atoms with van der Waals surface area (Å²) in [4.78, 5) is 8.57. The summed E-state index contributed by atoms with van der Waals surface area (Å²) >= 11 is 7.73. The summed E-state index contributed by atoms with van der Waals surface area (Å²) in [6.45, 7) is 7.53. The van der Waals surface area contributed by atoms with Crippen LogP contribution in [0.3, 0.4) is 0 Å². The zero-order valence-corrected chi connectivity index (χ0v) is 13.1. The predicted molar refractivity (Wildman–Crippen MR) is 85.4 cm³/mol. The number of aryl methyl sites for hydroxylation is 1. The van der Waals surface area contributed by atoms with Gasteiger partial charge < -0.3 is 5.32 Å². The van der Waals surface area contributed by atoms with Gasteiger partial charge in [-0.3, -0.25) is 4.90 Å². The van der Waals surface area contributed by atoms with Crippen LogP contribution in [-0.4, -0.2) is 36.1 Å². The van der Waals surface area contributed by atoms with Gasteiger partial charge in [0.2, 0.25) is 0 Å². The quantitative estimate of drug-likeness (QED) is 0.944. The first-order chi connectivity index (χ1) is 9.72. The van der Waals surface area contributed by atoms with E-state index in [1.165, 1.54) is 4.88 Å². The van der Waals surface area contributed by atoms with Crippen LogP contribution in [0.25, 0.3) is 10.6 Å². The molecular weight excluding hydrogens is 290 g/mol. The smallest absolute Gasteiger partial charge is 0.123 e. The molecule has 3 rings (SSSR count). The van der Waals surface area contributed by atoms with Crippen LogP contribution in [0.4, 0.5) is 0 Å². The lowest BCUT2D eigenvalue weighted by atomic mass is 10.2. The van der Waals surface area contributed by atoms with Crippen LogP contribution in [0.5, 0.6) is 0 Å². The van der Waals surface area contributed by atoms with E-state index in [9.17, 15) is 0 Å². The molecular formula is C15H18ClN3S. The molecule has 1 aromatic heterocycles. The maximum Gasteiger partial charge on any atom is 0.123 e. The Labute approximate surface area is 128 Å². The molecule has 0 aliphatic carbocycles. The Bertz CT molecular complexity index is 573. The van der Waals surface area contributed by atoms with Gasteiger partial charge in [0.1, 0.15) is 5.01 Å². The second kappa shape index (κ2) is 6.22. The molecule has 1 N–H and O–H groups in total. The highest BCUT2D eigenvalue weighted by Gasteiger charge is 2.15. The van der Waals surface area contributed by atoms with Gasteiger partial charge in [-0.1, -0.05) is 23.7 Å². The fourth-order valence-electron chi connectivity index (χ4n) is 2.36. The highest BCUT2D eigenvalue weighted by Crippen LogP contribution is 2.29. The monoisotopic (exact) mass is 307 g/mol. The summed E-state index contributed by atoms with van der Waals surface area (Å²) in [5.41, 5.74) is 2.30. The van der Waals surface area contributed by atoms with E-state index in [0.717, 1.165) is 54.0 Å². The average Bonchev–Trinajstić information content (AvgIpc) is 2.82. The van der Waals surface area contributed by atoms with Crippen molar-refractivity contribution in [2.24, 2.45) is 0 Å². The van der Waals surface area contributed by atoms with Crippen LogP contribution < -0.4 is 5.32 Å². The molecule has 0 saturated carbocycles. The van der Waals surface area contributed by atoms with E-state index >= 15 is 0 Å². The van der Waals surface area contributed by atoms with E-state index in [4.69, 9.17) is 16.6 Å². The molecule has 5 heteroatoms. The fourth-order valence-corrected chi connectivity index (χ4v) is 3.60. The summed E-state index contributed by atoms with van der Waals surface area (Å²) in [5.74, 6) is 0. The largest absolute Gasteiger partial charge is 0.314 e. The molecule has 1 fully saturated rings. The Morgan fingerprint density at radius 3 is 2.65 bits per heavy atom. The molecule has 0 amide bonds. The van der Waals surface area contributed by atoms with Gasteiger partial charge in [-0.2, -0.15) is 0 Å². The number of rotatable bonds is 3. The van der Waals surface area contributed by atoms with E-state index in [1.807, 2.05) is 24.3 Å². The number of thiazole rings is 1. The molecule has 20 heavy (non-hydrogen) atoms. The Morgan fingerprint density at radius 2 is 1.95 bits per heavy atom. The van der Waals surface area contributed by atoms with Crippen molar-refractivity contribution in [2.45, 2.75) is 13.5 Å². The Kier molecular flexibility index (Phi) is 4.36. The van der Waals surface area contributed by atoms with E-state index in [1.54, 1.807) is 11.3 Å². The zero-order chi connectivity index (χ0) is 13.9. The third-order valence-electron chi connectivity index (χ3n) is 3.56. The van der Waals surface area contributed by atoms with Crippen LogP contribution in [0, 0.1) is 6.92 Å². The van der Waals surface area contributed by atoms with Crippen molar-refractivity contribution in [3.05, 3.63) is 39.9 Å². The van der Waals surface area contributed by atoms with Crippen molar-refractivity contribution in [2.75, 3.05) is 26.2 Å². The van der Waals surface area contributed by atoms with Crippen molar-refractivity contribution in [1.82, 2.24) is 15.2 Å². The van der Waals surface area contributed by atoms with E-state index in [2.05, 4.69) is 17.1 Å². The zero-order valence-electron chi connectivity index (χ0n) is 11.5. The first-order valence-corrected chi connectivity index (χ1v) is 8.07. The van der Waals surface area contributed by atoms with Gasteiger partial charge in [-0.25, -0.2) is 4.98 Å². The van der Waals surface area contributed by atoms with Gasteiger partial charge in [0, 0.05) is 48.2 Å². The molecule has 2 heterocycles. The normalized spacial score (nSPS) is 16.5. The number of piperazine rings is 1. The summed E-state index contributed by atoms with van der Waals surface area (Å²) in [6, 6.07) is 7.91. The number of aromatic nitrogens is 1. The second-order valence-electron chi connectivity index (χ2n) is 5.06. The Morgan fingerprint density at radius 1 is 1.25 bits per heavy atom. The third kappa shape index (κ3) is 3.20. The molecule has 1 aliphatic heterocycles. The number of nitrogens with zero attached hydrogens (tertiary/aromatic N) is 2. The fraction of sp³-hybridized carbons (Fsp3) is 0.400. The molecule has 0 spiro atoms. The van der Waals surface area contributed by atoms with Crippen LogP contribution in [0.2, 0.25) is 5.02 Å². The maximum absolute atomic E-state index is 5.93. The van der Waals surface area contributed by atoms with Gasteiger partial charge in [0.25, 0.3) is 0 Å². The summed E-state index contributed by atoms with van der Waals surface area (Å²) < 4.78 is 0. The third-order valence-corrected chi connectivity index (χ3v) is 5.00. The van der Waals surface area contributed by atoms with Crippen molar-refractivity contribution < 1.29 is 0 Å². The molecule has 0 atom stereocenters. The standard InChI is InChI=1S/C15H18ClN3S/c1-11-14(10-19-8-6-17-7-9-19)20-15(18-11)12-2-4-13(16)5-3-12/h2-5,17H,6-10H2,1H3. The van der Waals surface area contributed by atoms with Gasteiger partial charge in [0.05, 0.1) is 5.69 Å². The lowest BCUT2D eigenvalue weighted by molar-refractivity contribution is 0.234. The highest BCUT2D eigenvalue weighted by atomic mass is 35.5. The maximum atomic E-state index is 5.93. The summed E-state index contributed by atoms with van der Waals surface area (Å²) in [5, 5.41) is 5.24. The Balaban J connectivity index is 1.78. The molecule has 1 saturated heterocycles. The molecule has 0 radical (unpaired) electrons. The van der Waals surface area contributed by atoms with Crippen molar-refractivity contribution in [1.29, 1.82) is 0 Å². The topological polar surface area (TPSA) is 28.2 Å². The number of hydrogen-bond acceptors (Lipinski definition) is 4. The summed E-state index contributed by atoms with van der Waals surface area (Å²) in [7, 11) is 0. The molecule has 0 bridgehead atoms.